The Hall–Kier alpha value is -0.130. The van der Waals surface area contributed by atoms with Crippen molar-refractivity contribution in [1.29, 1.82) is 0 Å². The van der Waals surface area contributed by atoms with E-state index in [0.29, 0.717) is 0 Å². The van der Waals surface area contributed by atoms with E-state index in [4.69, 9.17) is 0 Å². The average molecular weight is 260 g/mol. The molecule has 0 saturated carbocycles. The molecule has 0 radical (unpaired) electrons. The van der Waals surface area contributed by atoms with E-state index in [-0.39, 0.29) is 17.3 Å². The lowest BCUT2D eigenvalue weighted by atomic mass is 10.0. The summed E-state index contributed by atoms with van der Waals surface area (Å²) in [5, 5.41) is 3.07. The van der Waals surface area contributed by atoms with Crippen molar-refractivity contribution in [3.05, 3.63) is 0 Å². The van der Waals surface area contributed by atoms with Crippen LogP contribution in [-0.4, -0.2) is 43.1 Å². The lowest BCUT2D eigenvalue weighted by Gasteiger charge is -2.40. The Morgan fingerprint density at radius 3 is 2.06 bits per heavy atom. The molecule has 17 heavy (non-hydrogen) atoms. The van der Waals surface area contributed by atoms with E-state index in [9.17, 15) is 8.42 Å². The van der Waals surface area contributed by atoms with Gasteiger partial charge in [-0.1, -0.05) is 6.42 Å². The SMILES string of the molecule is CC1CCCC(C)N1S(=O)(=O)C1CCNCC1. The van der Waals surface area contributed by atoms with Crippen LogP contribution >= 0.6 is 0 Å². The molecule has 4 nitrogen and oxygen atoms in total. The molecule has 2 aliphatic rings. The summed E-state index contributed by atoms with van der Waals surface area (Å²) < 4.78 is 27.1. The zero-order valence-corrected chi connectivity index (χ0v) is 11.7. The van der Waals surface area contributed by atoms with Gasteiger partial charge in [0.05, 0.1) is 5.25 Å². The highest BCUT2D eigenvalue weighted by atomic mass is 32.2. The van der Waals surface area contributed by atoms with Gasteiger partial charge in [0.1, 0.15) is 0 Å². The van der Waals surface area contributed by atoms with E-state index in [2.05, 4.69) is 5.32 Å². The zero-order valence-electron chi connectivity index (χ0n) is 10.9. The molecule has 0 bridgehead atoms. The van der Waals surface area contributed by atoms with Gasteiger partial charge in [0, 0.05) is 12.1 Å². The predicted molar refractivity (Wildman–Crippen MR) is 69.4 cm³/mol. The van der Waals surface area contributed by atoms with Gasteiger partial charge in [-0.05, 0) is 52.6 Å². The first kappa shape index (κ1) is 13.3. The van der Waals surface area contributed by atoms with Crippen molar-refractivity contribution in [3.63, 3.8) is 0 Å². The van der Waals surface area contributed by atoms with Crippen LogP contribution in [0, 0.1) is 0 Å². The van der Waals surface area contributed by atoms with Crippen LogP contribution in [0.2, 0.25) is 0 Å². The molecule has 0 amide bonds. The van der Waals surface area contributed by atoms with E-state index in [1.165, 1.54) is 0 Å². The van der Waals surface area contributed by atoms with Gasteiger partial charge in [-0.2, -0.15) is 4.31 Å². The summed E-state index contributed by atoms with van der Waals surface area (Å²) in [5.41, 5.74) is 0. The molecule has 5 heteroatoms. The van der Waals surface area contributed by atoms with Crippen LogP contribution < -0.4 is 5.32 Å². The molecule has 2 heterocycles. The van der Waals surface area contributed by atoms with Gasteiger partial charge < -0.3 is 5.32 Å². The third kappa shape index (κ3) is 2.66. The summed E-state index contributed by atoms with van der Waals surface area (Å²) in [6, 6.07) is 0.359. The monoisotopic (exact) mass is 260 g/mol. The highest BCUT2D eigenvalue weighted by Crippen LogP contribution is 2.29. The van der Waals surface area contributed by atoms with Gasteiger partial charge in [-0.3, -0.25) is 0 Å². The first-order valence-corrected chi connectivity index (χ1v) is 8.27. The zero-order chi connectivity index (χ0) is 12.5. The van der Waals surface area contributed by atoms with Crippen LogP contribution in [-0.2, 0) is 10.0 Å². The summed E-state index contributed by atoms with van der Waals surface area (Å²) in [5.74, 6) is 0. The highest BCUT2D eigenvalue weighted by molar-refractivity contribution is 7.89. The lowest BCUT2D eigenvalue weighted by molar-refractivity contribution is 0.200. The second-order valence-electron chi connectivity index (χ2n) is 5.45. The van der Waals surface area contributed by atoms with Crippen molar-refractivity contribution in [2.75, 3.05) is 13.1 Å². The van der Waals surface area contributed by atoms with Crippen molar-refractivity contribution in [1.82, 2.24) is 9.62 Å². The van der Waals surface area contributed by atoms with Crippen LogP contribution in [0.25, 0.3) is 0 Å². The molecule has 2 fully saturated rings. The van der Waals surface area contributed by atoms with Gasteiger partial charge in [-0.15, -0.1) is 0 Å². The lowest BCUT2D eigenvalue weighted by Crippen LogP contribution is -2.52. The minimum Gasteiger partial charge on any atom is -0.317 e. The molecule has 1 N–H and O–H groups in total. The Morgan fingerprint density at radius 2 is 1.53 bits per heavy atom. The van der Waals surface area contributed by atoms with E-state index < -0.39 is 10.0 Å². The van der Waals surface area contributed by atoms with Crippen molar-refractivity contribution in [2.45, 2.75) is 63.3 Å². The Balaban J connectivity index is 2.17. The van der Waals surface area contributed by atoms with Gasteiger partial charge in [0.15, 0.2) is 0 Å². The molecule has 2 unspecified atom stereocenters. The quantitative estimate of drug-likeness (QED) is 0.815. The maximum Gasteiger partial charge on any atom is 0.217 e. The molecule has 0 aromatic carbocycles. The number of nitrogens with one attached hydrogen (secondary N) is 1. The average Bonchev–Trinajstić information content (AvgIpc) is 2.29. The molecule has 2 aliphatic heterocycles. The van der Waals surface area contributed by atoms with E-state index in [0.717, 1.165) is 45.2 Å². The van der Waals surface area contributed by atoms with Crippen LogP contribution in [0.15, 0.2) is 0 Å². The first-order valence-electron chi connectivity index (χ1n) is 6.76. The Bertz CT molecular complexity index is 340. The summed E-state index contributed by atoms with van der Waals surface area (Å²) in [4.78, 5) is 0. The molecule has 0 aliphatic carbocycles. The molecule has 2 rings (SSSR count). The third-order valence-electron chi connectivity index (χ3n) is 4.11. The predicted octanol–water partition coefficient (Wildman–Crippen LogP) is 1.33. The van der Waals surface area contributed by atoms with Crippen molar-refractivity contribution in [3.8, 4) is 0 Å². The number of sulfonamides is 1. The maximum atomic E-state index is 12.7. The highest BCUT2D eigenvalue weighted by Gasteiger charge is 2.39. The van der Waals surface area contributed by atoms with E-state index in [1.807, 2.05) is 13.8 Å². The number of hydrogen-bond acceptors (Lipinski definition) is 3. The topological polar surface area (TPSA) is 49.4 Å². The summed E-state index contributed by atoms with van der Waals surface area (Å²) in [6.45, 7) is 5.77. The van der Waals surface area contributed by atoms with Crippen LogP contribution in [0.1, 0.15) is 46.0 Å². The second kappa shape index (κ2) is 5.24. The molecule has 2 atom stereocenters. The number of piperidine rings is 2. The number of rotatable bonds is 2. The number of hydrogen-bond donors (Lipinski definition) is 1. The van der Waals surface area contributed by atoms with Gasteiger partial charge in [0.25, 0.3) is 0 Å². The Kier molecular flexibility index (Phi) is 4.10. The first-order chi connectivity index (χ1) is 8.03. The molecule has 0 aromatic heterocycles. The molecule has 100 valence electrons. The van der Waals surface area contributed by atoms with Crippen LogP contribution in [0.5, 0.6) is 0 Å². The largest absolute Gasteiger partial charge is 0.317 e. The van der Waals surface area contributed by atoms with Gasteiger partial charge >= 0.3 is 0 Å². The minimum atomic E-state index is -3.09. The third-order valence-corrected chi connectivity index (χ3v) is 6.74. The Morgan fingerprint density at radius 1 is 1.00 bits per heavy atom. The second-order valence-corrected chi connectivity index (χ2v) is 7.57. The van der Waals surface area contributed by atoms with E-state index in [1.54, 1.807) is 4.31 Å². The maximum absolute atomic E-state index is 12.7. The molecule has 2 saturated heterocycles. The molecular formula is C12H24N2O2S. The fraction of sp³-hybridized carbons (Fsp3) is 1.00. The number of nitrogens with zero attached hydrogens (tertiary/aromatic N) is 1. The van der Waals surface area contributed by atoms with Crippen LogP contribution in [0.3, 0.4) is 0 Å². The molecule has 0 aromatic rings. The molecule has 0 spiro atoms. The van der Waals surface area contributed by atoms with Gasteiger partial charge in [0.2, 0.25) is 10.0 Å². The van der Waals surface area contributed by atoms with E-state index >= 15 is 0 Å². The van der Waals surface area contributed by atoms with Crippen molar-refractivity contribution >= 4 is 10.0 Å². The van der Waals surface area contributed by atoms with Gasteiger partial charge in [-0.25, -0.2) is 8.42 Å². The fourth-order valence-electron chi connectivity index (χ4n) is 3.16. The van der Waals surface area contributed by atoms with Crippen molar-refractivity contribution < 1.29 is 8.42 Å². The minimum absolute atomic E-state index is 0.160. The normalized spacial score (nSPS) is 33.8. The molecular weight excluding hydrogens is 236 g/mol. The Labute approximate surface area is 105 Å². The standard InChI is InChI=1S/C12H24N2O2S/c1-10-4-3-5-11(2)14(10)17(15,16)12-6-8-13-9-7-12/h10-13H,3-9H2,1-2H3. The summed E-state index contributed by atoms with van der Waals surface area (Å²) >= 11 is 0. The van der Waals surface area contributed by atoms with Crippen molar-refractivity contribution in [2.24, 2.45) is 0 Å². The fourth-order valence-corrected chi connectivity index (χ4v) is 5.55. The summed E-state index contributed by atoms with van der Waals surface area (Å²) in [7, 11) is -3.09. The summed E-state index contributed by atoms with van der Waals surface area (Å²) in [6.07, 6.45) is 4.69. The smallest absolute Gasteiger partial charge is 0.217 e. The van der Waals surface area contributed by atoms with Crippen LogP contribution in [0.4, 0.5) is 0 Å².